The summed E-state index contributed by atoms with van der Waals surface area (Å²) < 4.78 is 5.30. The second-order valence-corrected chi connectivity index (χ2v) is 5.50. The molecule has 0 aromatic heterocycles. The Morgan fingerprint density at radius 1 is 1.40 bits per heavy atom. The summed E-state index contributed by atoms with van der Waals surface area (Å²) in [6, 6.07) is 1.80. The number of nitrogens with one attached hydrogen (secondary N) is 1. The number of methoxy groups -OCH3 is 1. The van der Waals surface area contributed by atoms with E-state index in [4.69, 9.17) is 16.3 Å². The van der Waals surface area contributed by atoms with E-state index in [0.717, 1.165) is 24.1 Å². The van der Waals surface area contributed by atoms with Crippen molar-refractivity contribution in [1.29, 1.82) is 0 Å². The number of nitrogens with zero attached hydrogens (tertiary/aromatic N) is 1. The highest BCUT2D eigenvalue weighted by Gasteiger charge is 2.18. The Morgan fingerprint density at radius 3 is 2.60 bits per heavy atom. The molecule has 1 amide bonds. The Kier molecular flexibility index (Phi) is 6.30. The van der Waals surface area contributed by atoms with Gasteiger partial charge in [0.1, 0.15) is 5.75 Å². The van der Waals surface area contributed by atoms with Gasteiger partial charge in [0.15, 0.2) is 0 Å². The largest absolute Gasteiger partial charge is 0.496 e. The summed E-state index contributed by atoms with van der Waals surface area (Å²) in [7, 11) is 5.58. The fraction of sp³-hybridized carbons (Fsp3) is 0.533. The predicted molar refractivity (Wildman–Crippen MR) is 83.0 cm³/mol. The van der Waals surface area contributed by atoms with Gasteiger partial charge in [-0.25, -0.2) is 0 Å². The van der Waals surface area contributed by atoms with Gasteiger partial charge < -0.3 is 15.0 Å². The average Bonchev–Trinajstić information content (AvgIpc) is 2.40. The van der Waals surface area contributed by atoms with Gasteiger partial charge in [-0.2, -0.15) is 0 Å². The van der Waals surface area contributed by atoms with Gasteiger partial charge in [-0.1, -0.05) is 11.6 Å². The van der Waals surface area contributed by atoms with Crippen LogP contribution in [0.1, 0.15) is 27.9 Å². The average molecular weight is 299 g/mol. The van der Waals surface area contributed by atoms with Crippen molar-refractivity contribution in [3.63, 3.8) is 0 Å². The summed E-state index contributed by atoms with van der Waals surface area (Å²) in [6.07, 6.45) is 0.902. The monoisotopic (exact) mass is 298 g/mol. The summed E-state index contributed by atoms with van der Waals surface area (Å²) in [5.74, 6) is 0.425. The molecule has 0 heterocycles. The topological polar surface area (TPSA) is 41.6 Å². The third kappa shape index (κ3) is 4.12. The number of carbonyl (C=O) groups is 1. The molecule has 20 heavy (non-hydrogen) atoms. The molecule has 0 saturated heterocycles. The molecule has 0 aliphatic heterocycles. The second kappa shape index (κ2) is 7.50. The molecule has 0 atom stereocenters. The molecular weight excluding hydrogens is 276 g/mol. The maximum absolute atomic E-state index is 12.3. The third-order valence-corrected chi connectivity index (χ3v) is 3.74. The second-order valence-electron chi connectivity index (χ2n) is 5.12. The summed E-state index contributed by atoms with van der Waals surface area (Å²) in [5.41, 5.74) is 2.19. The van der Waals surface area contributed by atoms with Crippen LogP contribution in [0, 0.1) is 13.8 Å². The highest BCUT2D eigenvalue weighted by Crippen LogP contribution is 2.31. The minimum atomic E-state index is -0.139. The fourth-order valence-electron chi connectivity index (χ4n) is 2.05. The fourth-order valence-corrected chi connectivity index (χ4v) is 2.20. The molecule has 4 nitrogen and oxygen atoms in total. The molecule has 112 valence electrons. The number of halogens is 1. The van der Waals surface area contributed by atoms with E-state index in [0.29, 0.717) is 22.9 Å². The molecule has 1 aromatic rings. The zero-order valence-corrected chi connectivity index (χ0v) is 13.6. The maximum atomic E-state index is 12.3. The maximum Gasteiger partial charge on any atom is 0.255 e. The van der Waals surface area contributed by atoms with E-state index in [-0.39, 0.29) is 5.91 Å². The summed E-state index contributed by atoms with van der Waals surface area (Å²) in [6.45, 7) is 5.30. The Morgan fingerprint density at radius 2 is 2.05 bits per heavy atom. The lowest BCUT2D eigenvalue weighted by molar-refractivity contribution is 0.0948. The minimum Gasteiger partial charge on any atom is -0.496 e. The number of benzene rings is 1. The Balaban J connectivity index is 2.84. The van der Waals surface area contributed by atoms with Crippen LogP contribution in [0.5, 0.6) is 5.75 Å². The van der Waals surface area contributed by atoms with Crippen molar-refractivity contribution in [2.75, 3.05) is 34.3 Å². The smallest absolute Gasteiger partial charge is 0.255 e. The molecule has 0 saturated carbocycles. The minimum absolute atomic E-state index is 0.139. The van der Waals surface area contributed by atoms with Crippen LogP contribution in [-0.2, 0) is 0 Å². The van der Waals surface area contributed by atoms with Crippen molar-refractivity contribution in [2.24, 2.45) is 0 Å². The lowest BCUT2D eigenvalue weighted by atomic mass is 10.0. The van der Waals surface area contributed by atoms with Crippen molar-refractivity contribution >= 4 is 17.5 Å². The number of carbonyl (C=O) groups excluding carboxylic acids is 1. The lowest BCUT2D eigenvalue weighted by Gasteiger charge is -2.15. The van der Waals surface area contributed by atoms with Gasteiger partial charge >= 0.3 is 0 Å². The van der Waals surface area contributed by atoms with Crippen LogP contribution < -0.4 is 10.1 Å². The van der Waals surface area contributed by atoms with Crippen molar-refractivity contribution in [2.45, 2.75) is 20.3 Å². The number of aryl methyl sites for hydroxylation is 1. The summed E-state index contributed by atoms with van der Waals surface area (Å²) in [5, 5.41) is 3.53. The quantitative estimate of drug-likeness (QED) is 0.821. The molecule has 0 fully saturated rings. The van der Waals surface area contributed by atoms with Gasteiger partial charge in [0.2, 0.25) is 0 Å². The van der Waals surface area contributed by atoms with E-state index in [1.165, 1.54) is 0 Å². The number of amides is 1. The van der Waals surface area contributed by atoms with Crippen LogP contribution >= 0.6 is 11.6 Å². The molecule has 0 aliphatic rings. The zero-order valence-electron chi connectivity index (χ0n) is 12.8. The van der Waals surface area contributed by atoms with E-state index in [1.54, 1.807) is 13.2 Å². The summed E-state index contributed by atoms with van der Waals surface area (Å²) in [4.78, 5) is 14.4. The standard InChI is InChI=1S/C15H23ClN2O2/c1-10-9-12(20-5)13(11(2)14(10)16)15(19)17-7-6-8-18(3)4/h9H,6-8H2,1-5H3,(H,17,19). The van der Waals surface area contributed by atoms with Crippen molar-refractivity contribution < 1.29 is 9.53 Å². The Labute approximate surface area is 126 Å². The van der Waals surface area contributed by atoms with Gasteiger partial charge in [-0.3, -0.25) is 4.79 Å². The molecule has 0 radical (unpaired) electrons. The van der Waals surface area contributed by atoms with Crippen LogP contribution in [0.3, 0.4) is 0 Å². The molecule has 0 aliphatic carbocycles. The van der Waals surface area contributed by atoms with Crippen LogP contribution in [0.4, 0.5) is 0 Å². The van der Waals surface area contributed by atoms with Gasteiger partial charge in [0.25, 0.3) is 5.91 Å². The molecule has 1 aromatic carbocycles. The summed E-state index contributed by atoms with van der Waals surface area (Å²) >= 11 is 6.22. The van der Waals surface area contributed by atoms with E-state index < -0.39 is 0 Å². The molecule has 0 spiro atoms. The third-order valence-electron chi connectivity index (χ3n) is 3.16. The lowest BCUT2D eigenvalue weighted by Crippen LogP contribution is -2.28. The predicted octanol–water partition coefficient (Wildman–Crippen LogP) is 2.65. The molecule has 1 N–H and O–H groups in total. The van der Waals surface area contributed by atoms with Gasteiger partial charge in [-0.15, -0.1) is 0 Å². The normalized spacial score (nSPS) is 10.8. The van der Waals surface area contributed by atoms with E-state index in [1.807, 2.05) is 27.9 Å². The SMILES string of the molecule is COc1cc(C)c(Cl)c(C)c1C(=O)NCCCN(C)C. The first-order valence-corrected chi connectivity index (χ1v) is 7.03. The number of hydrogen-bond donors (Lipinski definition) is 1. The van der Waals surface area contributed by atoms with Crippen LogP contribution in [0.25, 0.3) is 0 Å². The van der Waals surface area contributed by atoms with Gasteiger partial charge in [0.05, 0.1) is 12.7 Å². The first kappa shape index (κ1) is 16.8. The van der Waals surface area contributed by atoms with E-state index in [2.05, 4.69) is 10.2 Å². The van der Waals surface area contributed by atoms with Gasteiger partial charge in [-0.05, 0) is 58.1 Å². The number of hydrogen-bond acceptors (Lipinski definition) is 3. The molecular formula is C15H23ClN2O2. The number of ether oxygens (including phenoxy) is 1. The van der Waals surface area contributed by atoms with Crippen LogP contribution in [0.2, 0.25) is 5.02 Å². The molecule has 0 bridgehead atoms. The Bertz CT molecular complexity index is 487. The first-order valence-electron chi connectivity index (χ1n) is 6.65. The zero-order chi connectivity index (χ0) is 15.3. The van der Waals surface area contributed by atoms with Crippen LogP contribution in [0.15, 0.2) is 6.07 Å². The van der Waals surface area contributed by atoms with E-state index in [9.17, 15) is 4.79 Å². The molecule has 5 heteroatoms. The first-order chi connectivity index (χ1) is 9.38. The molecule has 0 unspecified atom stereocenters. The number of rotatable bonds is 6. The van der Waals surface area contributed by atoms with Crippen molar-refractivity contribution in [3.05, 3.63) is 27.8 Å². The van der Waals surface area contributed by atoms with Crippen molar-refractivity contribution in [3.8, 4) is 5.75 Å². The van der Waals surface area contributed by atoms with E-state index >= 15 is 0 Å². The Hall–Kier alpha value is -1.26. The molecule has 1 rings (SSSR count). The van der Waals surface area contributed by atoms with Crippen molar-refractivity contribution in [1.82, 2.24) is 10.2 Å². The van der Waals surface area contributed by atoms with Gasteiger partial charge in [0, 0.05) is 11.6 Å². The highest BCUT2D eigenvalue weighted by molar-refractivity contribution is 6.32. The van der Waals surface area contributed by atoms with Crippen LogP contribution in [-0.4, -0.2) is 45.1 Å². The highest BCUT2D eigenvalue weighted by atomic mass is 35.5.